The predicted molar refractivity (Wildman–Crippen MR) is 91.3 cm³/mol. The Morgan fingerprint density at radius 2 is 2.26 bits per heavy atom. The Bertz CT molecular complexity index is 718. The quantitative estimate of drug-likeness (QED) is 0.483. The van der Waals surface area contributed by atoms with Crippen LogP contribution in [0.2, 0.25) is 0 Å². The molecule has 118 valence electrons. The van der Waals surface area contributed by atoms with E-state index in [0.717, 1.165) is 5.56 Å². The fraction of sp³-hybridized carbons (Fsp3) is 0.176. The molecule has 0 saturated heterocycles. The zero-order valence-electron chi connectivity index (χ0n) is 12.6. The highest BCUT2D eigenvalue weighted by molar-refractivity contribution is 7.12. The molecule has 0 aliphatic carbocycles. The van der Waals surface area contributed by atoms with Crippen LogP contribution in [0, 0.1) is 12.3 Å². The highest BCUT2D eigenvalue weighted by Crippen LogP contribution is 2.27. The Morgan fingerprint density at radius 1 is 1.39 bits per heavy atom. The van der Waals surface area contributed by atoms with Gasteiger partial charge < -0.3 is 9.47 Å². The van der Waals surface area contributed by atoms with Gasteiger partial charge in [0.1, 0.15) is 6.61 Å². The number of amides is 1. The van der Waals surface area contributed by atoms with E-state index >= 15 is 0 Å². The molecule has 0 radical (unpaired) electrons. The molecule has 1 amide bonds. The van der Waals surface area contributed by atoms with Crippen LogP contribution in [0.1, 0.15) is 22.2 Å². The minimum Gasteiger partial charge on any atom is -0.490 e. The smallest absolute Gasteiger partial charge is 0.281 e. The molecule has 0 fully saturated rings. The second kappa shape index (κ2) is 8.61. The van der Waals surface area contributed by atoms with Crippen molar-refractivity contribution in [2.75, 3.05) is 13.2 Å². The van der Waals surface area contributed by atoms with E-state index in [2.05, 4.69) is 16.4 Å². The molecule has 6 heteroatoms. The van der Waals surface area contributed by atoms with Gasteiger partial charge in [0.15, 0.2) is 11.5 Å². The van der Waals surface area contributed by atoms with Crippen molar-refractivity contribution in [3.8, 4) is 23.8 Å². The number of rotatable bonds is 7. The highest BCUT2D eigenvalue weighted by Gasteiger charge is 2.06. The average molecular weight is 328 g/mol. The first-order valence-corrected chi connectivity index (χ1v) is 7.82. The predicted octanol–water partition coefficient (Wildman–Crippen LogP) is 2.92. The number of nitrogens with one attached hydrogen (secondary N) is 1. The van der Waals surface area contributed by atoms with E-state index in [0.29, 0.717) is 23.0 Å². The van der Waals surface area contributed by atoms with E-state index < -0.39 is 0 Å². The number of hydrogen-bond acceptors (Lipinski definition) is 5. The second-order valence-electron chi connectivity index (χ2n) is 4.31. The SMILES string of the molecule is C#CCOc1ccc(/C=N/NC(=O)c2cccs2)cc1OCC. The molecule has 5 nitrogen and oxygen atoms in total. The summed E-state index contributed by atoms with van der Waals surface area (Å²) in [6, 6.07) is 8.88. The van der Waals surface area contributed by atoms with Gasteiger partial charge in [0.05, 0.1) is 17.7 Å². The van der Waals surface area contributed by atoms with Crippen molar-refractivity contribution in [1.82, 2.24) is 5.43 Å². The third-order valence-corrected chi connectivity index (χ3v) is 3.57. The van der Waals surface area contributed by atoms with Crippen LogP contribution in [0.15, 0.2) is 40.8 Å². The number of nitrogens with zero attached hydrogens (tertiary/aromatic N) is 1. The van der Waals surface area contributed by atoms with Crippen molar-refractivity contribution in [2.24, 2.45) is 5.10 Å². The third-order valence-electron chi connectivity index (χ3n) is 2.70. The van der Waals surface area contributed by atoms with E-state index in [1.807, 2.05) is 18.4 Å². The van der Waals surface area contributed by atoms with Gasteiger partial charge >= 0.3 is 0 Å². The minimum absolute atomic E-state index is 0.171. The van der Waals surface area contributed by atoms with Crippen LogP contribution in [0.4, 0.5) is 0 Å². The summed E-state index contributed by atoms with van der Waals surface area (Å²) in [5.41, 5.74) is 3.25. The maximum atomic E-state index is 11.8. The van der Waals surface area contributed by atoms with E-state index in [4.69, 9.17) is 15.9 Å². The summed E-state index contributed by atoms with van der Waals surface area (Å²) in [5.74, 6) is 3.32. The van der Waals surface area contributed by atoms with Gasteiger partial charge in [-0.2, -0.15) is 5.10 Å². The first-order chi connectivity index (χ1) is 11.2. The molecule has 2 rings (SSSR count). The van der Waals surface area contributed by atoms with E-state index in [1.54, 1.807) is 30.5 Å². The lowest BCUT2D eigenvalue weighted by atomic mass is 10.2. The number of benzene rings is 1. The summed E-state index contributed by atoms with van der Waals surface area (Å²) in [5, 5.41) is 5.78. The van der Waals surface area contributed by atoms with Gasteiger partial charge in [0.25, 0.3) is 5.91 Å². The van der Waals surface area contributed by atoms with Crippen molar-refractivity contribution >= 4 is 23.5 Å². The van der Waals surface area contributed by atoms with Crippen LogP contribution in [-0.4, -0.2) is 25.3 Å². The zero-order valence-corrected chi connectivity index (χ0v) is 13.4. The summed E-state index contributed by atoms with van der Waals surface area (Å²) < 4.78 is 10.9. The van der Waals surface area contributed by atoms with Gasteiger partial charge in [-0.25, -0.2) is 5.43 Å². The van der Waals surface area contributed by atoms with Gasteiger partial charge in [-0.1, -0.05) is 12.0 Å². The number of carbonyl (C=O) groups excluding carboxylic acids is 1. The molecule has 1 heterocycles. The molecule has 0 spiro atoms. The lowest BCUT2D eigenvalue weighted by Crippen LogP contribution is -2.16. The fourth-order valence-corrected chi connectivity index (χ4v) is 2.35. The number of thiophene rings is 1. The van der Waals surface area contributed by atoms with Crippen LogP contribution in [0.3, 0.4) is 0 Å². The molecule has 23 heavy (non-hydrogen) atoms. The Kier molecular flexibility index (Phi) is 6.21. The number of hydrogen-bond donors (Lipinski definition) is 1. The van der Waals surface area contributed by atoms with Gasteiger partial charge in [-0.15, -0.1) is 17.8 Å². The molecule has 0 unspecified atom stereocenters. The second-order valence-corrected chi connectivity index (χ2v) is 5.26. The monoisotopic (exact) mass is 328 g/mol. The van der Waals surface area contributed by atoms with Gasteiger partial charge in [0.2, 0.25) is 0 Å². The van der Waals surface area contributed by atoms with E-state index in [-0.39, 0.29) is 12.5 Å². The maximum absolute atomic E-state index is 11.8. The third kappa shape index (κ3) is 4.87. The molecule has 0 aliphatic rings. The van der Waals surface area contributed by atoms with Gasteiger partial charge in [0, 0.05) is 0 Å². The Labute approximate surface area is 138 Å². The van der Waals surface area contributed by atoms with Crippen LogP contribution < -0.4 is 14.9 Å². The topological polar surface area (TPSA) is 59.9 Å². The fourth-order valence-electron chi connectivity index (χ4n) is 1.74. The summed E-state index contributed by atoms with van der Waals surface area (Å²) >= 11 is 1.36. The molecule has 2 aromatic rings. The van der Waals surface area contributed by atoms with Crippen LogP contribution in [0.25, 0.3) is 0 Å². The molecule has 1 N–H and O–H groups in total. The lowest BCUT2D eigenvalue weighted by Gasteiger charge is -2.10. The number of terminal acetylenes is 1. The first-order valence-electron chi connectivity index (χ1n) is 6.94. The van der Waals surface area contributed by atoms with E-state index in [1.165, 1.54) is 11.3 Å². The highest BCUT2D eigenvalue weighted by atomic mass is 32.1. The van der Waals surface area contributed by atoms with Crippen molar-refractivity contribution in [1.29, 1.82) is 0 Å². The molecule has 0 saturated carbocycles. The molecule has 1 aromatic carbocycles. The van der Waals surface area contributed by atoms with Gasteiger partial charge in [-0.3, -0.25) is 4.79 Å². The Morgan fingerprint density at radius 3 is 2.96 bits per heavy atom. The van der Waals surface area contributed by atoms with Crippen molar-refractivity contribution in [3.05, 3.63) is 46.2 Å². The largest absolute Gasteiger partial charge is 0.490 e. The summed E-state index contributed by atoms with van der Waals surface area (Å²) in [6.45, 7) is 2.56. The van der Waals surface area contributed by atoms with E-state index in [9.17, 15) is 4.79 Å². The normalized spacial score (nSPS) is 10.3. The first kappa shape index (κ1) is 16.6. The average Bonchev–Trinajstić information content (AvgIpc) is 3.09. The number of ether oxygens (including phenoxy) is 2. The summed E-state index contributed by atoms with van der Waals surface area (Å²) in [6.07, 6.45) is 6.73. The summed E-state index contributed by atoms with van der Waals surface area (Å²) in [7, 11) is 0. The standard InChI is InChI=1S/C17H16N2O3S/c1-3-9-22-14-8-7-13(11-15(14)21-4-2)12-18-19-17(20)16-6-5-10-23-16/h1,5-8,10-12H,4,9H2,2H3,(H,19,20)/b18-12+. The number of carbonyl (C=O) groups is 1. The van der Waals surface area contributed by atoms with Crippen LogP contribution in [-0.2, 0) is 0 Å². The van der Waals surface area contributed by atoms with Crippen molar-refractivity contribution < 1.29 is 14.3 Å². The van der Waals surface area contributed by atoms with Crippen molar-refractivity contribution in [2.45, 2.75) is 6.92 Å². The summed E-state index contributed by atoms with van der Waals surface area (Å²) in [4.78, 5) is 12.4. The molecule has 1 aromatic heterocycles. The maximum Gasteiger partial charge on any atom is 0.281 e. The molecular weight excluding hydrogens is 312 g/mol. The van der Waals surface area contributed by atoms with Crippen LogP contribution in [0.5, 0.6) is 11.5 Å². The lowest BCUT2D eigenvalue weighted by molar-refractivity contribution is 0.0959. The van der Waals surface area contributed by atoms with Crippen LogP contribution >= 0.6 is 11.3 Å². The Balaban J connectivity index is 2.04. The Hall–Kier alpha value is -2.78. The molecule has 0 bridgehead atoms. The minimum atomic E-state index is -0.241. The molecular formula is C17H16N2O3S. The number of hydrazone groups is 1. The van der Waals surface area contributed by atoms with Gasteiger partial charge in [-0.05, 0) is 42.1 Å². The van der Waals surface area contributed by atoms with Crippen molar-refractivity contribution in [3.63, 3.8) is 0 Å². The molecule has 0 atom stereocenters. The zero-order chi connectivity index (χ0) is 16.5. The molecule has 0 aliphatic heterocycles.